The maximum Gasteiger partial charge on any atom is 0.317 e. The molecule has 1 saturated carbocycles. The molecule has 114 valence electrons. The first-order valence-corrected chi connectivity index (χ1v) is 7.59. The molecule has 2 aliphatic rings. The Bertz CT molecular complexity index is 515. The van der Waals surface area contributed by atoms with Crippen LogP contribution in [0.4, 0.5) is 9.18 Å². The lowest BCUT2D eigenvalue weighted by Gasteiger charge is -2.31. The molecule has 0 radical (unpaired) electrons. The van der Waals surface area contributed by atoms with E-state index in [1.807, 2.05) is 6.07 Å². The molecule has 2 fully saturated rings. The van der Waals surface area contributed by atoms with Gasteiger partial charge in [0.05, 0.1) is 0 Å². The number of aliphatic hydroxyl groups is 1. The Kier molecular flexibility index (Phi) is 4.10. The molecule has 1 heterocycles. The Labute approximate surface area is 124 Å². The fraction of sp³-hybridized carbons (Fsp3) is 0.562. The number of halogens is 1. The number of nitrogens with zero attached hydrogens (tertiary/aromatic N) is 1. The molecule has 3 rings (SSSR count). The van der Waals surface area contributed by atoms with Gasteiger partial charge in [0, 0.05) is 31.7 Å². The number of urea groups is 1. The molecule has 0 spiro atoms. The summed E-state index contributed by atoms with van der Waals surface area (Å²) in [6.07, 6.45) is 2.51. The highest BCUT2D eigenvalue weighted by Gasteiger charge is 2.41. The molecule has 21 heavy (non-hydrogen) atoms. The van der Waals surface area contributed by atoms with Crippen LogP contribution in [-0.4, -0.2) is 41.8 Å². The number of benzene rings is 1. The van der Waals surface area contributed by atoms with E-state index in [4.69, 9.17) is 5.11 Å². The normalized spacial score (nSPS) is 25.7. The van der Waals surface area contributed by atoms with Crippen LogP contribution < -0.4 is 5.32 Å². The van der Waals surface area contributed by atoms with Crippen molar-refractivity contribution in [3.05, 3.63) is 35.6 Å². The third kappa shape index (κ3) is 3.18. The largest absolute Gasteiger partial charge is 0.396 e. The molecule has 1 aliphatic carbocycles. The van der Waals surface area contributed by atoms with E-state index in [9.17, 15) is 9.18 Å². The SMILES string of the molecule is O=C(NC1CC1c1ccccc1F)N1CCC(CO)CC1. The average Bonchev–Trinajstić information content (AvgIpc) is 3.26. The van der Waals surface area contributed by atoms with Crippen molar-refractivity contribution in [3.63, 3.8) is 0 Å². The van der Waals surface area contributed by atoms with Gasteiger partial charge in [-0.15, -0.1) is 0 Å². The van der Waals surface area contributed by atoms with Crippen molar-refractivity contribution in [2.75, 3.05) is 19.7 Å². The summed E-state index contributed by atoms with van der Waals surface area (Å²) in [5, 5.41) is 12.1. The number of aliphatic hydroxyl groups excluding tert-OH is 1. The maximum atomic E-state index is 13.7. The standard InChI is InChI=1S/C16H21FN2O2/c17-14-4-2-1-3-12(14)13-9-15(13)18-16(21)19-7-5-11(10-20)6-8-19/h1-4,11,13,15,20H,5-10H2,(H,18,21). The van der Waals surface area contributed by atoms with Gasteiger partial charge in [-0.1, -0.05) is 18.2 Å². The Balaban J connectivity index is 1.50. The van der Waals surface area contributed by atoms with Gasteiger partial charge in [-0.05, 0) is 36.8 Å². The van der Waals surface area contributed by atoms with E-state index in [0.29, 0.717) is 24.6 Å². The summed E-state index contributed by atoms with van der Waals surface area (Å²) in [7, 11) is 0. The number of nitrogens with one attached hydrogen (secondary N) is 1. The van der Waals surface area contributed by atoms with E-state index in [2.05, 4.69) is 5.32 Å². The molecule has 1 aromatic rings. The lowest BCUT2D eigenvalue weighted by atomic mass is 9.98. The second-order valence-electron chi connectivity index (χ2n) is 6.03. The topological polar surface area (TPSA) is 52.6 Å². The average molecular weight is 292 g/mol. The van der Waals surface area contributed by atoms with Crippen LogP contribution in [0.1, 0.15) is 30.7 Å². The van der Waals surface area contributed by atoms with Crippen LogP contribution in [0, 0.1) is 11.7 Å². The van der Waals surface area contributed by atoms with E-state index < -0.39 is 0 Å². The fourth-order valence-corrected chi connectivity index (χ4v) is 3.04. The van der Waals surface area contributed by atoms with Crippen LogP contribution in [-0.2, 0) is 0 Å². The number of hydrogen-bond donors (Lipinski definition) is 2. The van der Waals surface area contributed by atoms with Crippen LogP contribution in [0.3, 0.4) is 0 Å². The molecule has 2 N–H and O–H groups in total. The highest BCUT2D eigenvalue weighted by Crippen LogP contribution is 2.41. The van der Waals surface area contributed by atoms with E-state index >= 15 is 0 Å². The molecule has 1 aromatic carbocycles. The smallest absolute Gasteiger partial charge is 0.317 e. The van der Waals surface area contributed by atoms with Crippen LogP contribution >= 0.6 is 0 Å². The van der Waals surface area contributed by atoms with Crippen LogP contribution in [0.25, 0.3) is 0 Å². The Morgan fingerprint density at radius 3 is 2.71 bits per heavy atom. The van der Waals surface area contributed by atoms with E-state index in [0.717, 1.165) is 19.3 Å². The summed E-state index contributed by atoms with van der Waals surface area (Å²) < 4.78 is 13.7. The minimum atomic E-state index is -0.192. The van der Waals surface area contributed by atoms with Gasteiger partial charge >= 0.3 is 6.03 Å². The quantitative estimate of drug-likeness (QED) is 0.896. The molecule has 4 nitrogen and oxygen atoms in total. The Morgan fingerprint density at radius 2 is 2.05 bits per heavy atom. The number of carbonyl (C=O) groups excluding carboxylic acids is 1. The van der Waals surface area contributed by atoms with Crippen molar-refractivity contribution in [3.8, 4) is 0 Å². The van der Waals surface area contributed by atoms with Gasteiger partial charge in [-0.2, -0.15) is 0 Å². The lowest BCUT2D eigenvalue weighted by molar-refractivity contribution is 0.137. The predicted octanol–water partition coefficient (Wildman–Crippen LogP) is 2.10. The molecule has 5 heteroatoms. The first-order chi connectivity index (χ1) is 10.2. The molecule has 1 aliphatic heterocycles. The van der Waals surface area contributed by atoms with Crippen molar-refractivity contribution < 1.29 is 14.3 Å². The van der Waals surface area contributed by atoms with Gasteiger partial charge in [0.25, 0.3) is 0 Å². The molecule has 1 saturated heterocycles. The van der Waals surface area contributed by atoms with Crippen molar-refractivity contribution >= 4 is 6.03 Å². The molecule has 2 atom stereocenters. The zero-order valence-electron chi connectivity index (χ0n) is 12.0. The second-order valence-corrected chi connectivity index (χ2v) is 6.03. The molecular weight excluding hydrogens is 271 g/mol. The third-order valence-corrected chi connectivity index (χ3v) is 4.56. The van der Waals surface area contributed by atoms with Crippen molar-refractivity contribution in [1.82, 2.24) is 10.2 Å². The van der Waals surface area contributed by atoms with Crippen LogP contribution in [0.2, 0.25) is 0 Å². The molecule has 2 unspecified atom stereocenters. The third-order valence-electron chi connectivity index (χ3n) is 4.56. The first-order valence-electron chi connectivity index (χ1n) is 7.59. The molecule has 0 bridgehead atoms. The van der Waals surface area contributed by atoms with E-state index in [1.54, 1.807) is 17.0 Å². The van der Waals surface area contributed by atoms with Gasteiger partial charge in [0.1, 0.15) is 5.82 Å². The number of amides is 2. The Hall–Kier alpha value is -1.62. The predicted molar refractivity (Wildman–Crippen MR) is 77.5 cm³/mol. The first kappa shape index (κ1) is 14.3. The molecule has 2 amide bonds. The van der Waals surface area contributed by atoms with Crippen LogP contribution in [0.15, 0.2) is 24.3 Å². The van der Waals surface area contributed by atoms with Crippen molar-refractivity contribution in [2.45, 2.75) is 31.2 Å². The van der Waals surface area contributed by atoms with Gasteiger partial charge < -0.3 is 15.3 Å². The fourth-order valence-electron chi connectivity index (χ4n) is 3.04. The van der Waals surface area contributed by atoms with E-state index in [-0.39, 0.29) is 30.4 Å². The van der Waals surface area contributed by atoms with Gasteiger partial charge in [0.2, 0.25) is 0 Å². The summed E-state index contributed by atoms with van der Waals surface area (Å²) >= 11 is 0. The van der Waals surface area contributed by atoms with Crippen molar-refractivity contribution in [2.24, 2.45) is 5.92 Å². The Morgan fingerprint density at radius 1 is 1.33 bits per heavy atom. The number of likely N-dealkylation sites (tertiary alicyclic amines) is 1. The highest BCUT2D eigenvalue weighted by atomic mass is 19.1. The number of hydrogen-bond acceptors (Lipinski definition) is 2. The molecular formula is C16H21FN2O2. The van der Waals surface area contributed by atoms with Gasteiger partial charge in [-0.25, -0.2) is 9.18 Å². The summed E-state index contributed by atoms with van der Waals surface area (Å²) in [4.78, 5) is 14.0. The summed E-state index contributed by atoms with van der Waals surface area (Å²) in [5.41, 5.74) is 0.696. The van der Waals surface area contributed by atoms with Crippen LogP contribution in [0.5, 0.6) is 0 Å². The maximum absolute atomic E-state index is 13.7. The number of piperidine rings is 1. The van der Waals surface area contributed by atoms with Crippen molar-refractivity contribution in [1.29, 1.82) is 0 Å². The summed E-state index contributed by atoms with van der Waals surface area (Å²) in [6, 6.07) is 6.75. The number of carbonyl (C=O) groups is 1. The van der Waals surface area contributed by atoms with E-state index in [1.165, 1.54) is 6.07 Å². The molecule has 0 aromatic heterocycles. The second kappa shape index (κ2) is 6.02. The minimum absolute atomic E-state index is 0.0463. The number of rotatable bonds is 3. The summed E-state index contributed by atoms with van der Waals surface area (Å²) in [5.74, 6) is 0.231. The summed E-state index contributed by atoms with van der Waals surface area (Å²) in [6.45, 7) is 1.58. The van der Waals surface area contributed by atoms with Gasteiger partial charge in [-0.3, -0.25) is 0 Å². The van der Waals surface area contributed by atoms with Gasteiger partial charge in [0.15, 0.2) is 0 Å². The zero-order valence-corrected chi connectivity index (χ0v) is 12.0. The zero-order chi connectivity index (χ0) is 14.8. The monoisotopic (exact) mass is 292 g/mol. The minimum Gasteiger partial charge on any atom is -0.396 e. The lowest BCUT2D eigenvalue weighted by Crippen LogP contribution is -2.45. The highest BCUT2D eigenvalue weighted by molar-refractivity contribution is 5.75.